The van der Waals surface area contributed by atoms with Gasteiger partial charge in [-0.2, -0.15) is 16.9 Å². The maximum Gasteiger partial charge on any atom is 0.225 e. The minimum Gasteiger partial charge on any atom is -0.346 e. The lowest BCUT2D eigenvalue weighted by Gasteiger charge is -2.16. The smallest absolute Gasteiger partial charge is 0.225 e. The fourth-order valence-corrected chi connectivity index (χ4v) is 3.60. The van der Waals surface area contributed by atoms with E-state index in [0.717, 1.165) is 46.0 Å². The van der Waals surface area contributed by atoms with Crippen molar-refractivity contribution in [1.29, 1.82) is 0 Å². The van der Waals surface area contributed by atoms with Crippen LogP contribution in [0.25, 0.3) is 11.0 Å². The van der Waals surface area contributed by atoms with Crippen molar-refractivity contribution >= 4 is 28.7 Å². The number of carbonyl (C=O) groups is 1. The second-order valence-electron chi connectivity index (χ2n) is 6.49. The lowest BCUT2D eigenvalue weighted by atomic mass is 10.1. The van der Waals surface area contributed by atoms with Gasteiger partial charge in [0, 0.05) is 18.3 Å². The largest absolute Gasteiger partial charge is 0.346 e. The number of aryl methyl sites for hydroxylation is 2. The SMILES string of the molecule is CSCC[C@H](NC(=O)Cc1c(C)nn(C)c1C)c1nc2ccccc2[nH]1. The first-order chi connectivity index (χ1) is 12.5. The fourth-order valence-electron chi connectivity index (χ4n) is 3.13. The third-order valence-electron chi connectivity index (χ3n) is 4.68. The molecule has 0 unspecified atom stereocenters. The number of imidazole rings is 1. The zero-order valence-electron chi connectivity index (χ0n) is 15.7. The van der Waals surface area contributed by atoms with E-state index >= 15 is 0 Å². The predicted molar refractivity (Wildman–Crippen MR) is 106 cm³/mol. The van der Waals surface area contributed by atoms with E-state index in [1.807, 2.05) is 49.8 Å². The molecule has 2 N–H and O–H groups in total. The lowest BCUT2D eigenvalue weighted by Crippen LogP contribution is -2.31. The number of thioether (sulfide) groups is 1. The standard InChI is InChI=1S/C19H25N5OS/c1-12-14(13(2)24(3)23-12)11-18(25)20-17(9-10-26-4)19-21-15-7-5-6-8-16(15)22-19/h5-8,17H,9-11H2,1-4H3,(H,20,25)(H,21,22)/t17-/m0/s1. The van der Waals surface area contributed by atoms with Gasteiger partial charge in [-0.05, 0) is 44.4 Å². The van der Waals surface area contributed by atoms with Crippen LogP contribution in [0.4, 0.5) is 0 Å². The highest BCUT2D eigenvalue weighted by Crippen LogP contribution is 2.21. The highest BCUT2D eigenvalue weighted by molar-refractivity contribution is 7.98. The van der Waals surface area contributed by atoms with Crippen molar-refractivity contribution in [2.45, 2.75) is 32.7 Å². The number of hydrogen-bond donors (Lipinski definition) is 2. The van der Waals surface area contributed by atoms with Gasteiger partial charge in [0.25, 0.3) is 0 Å². The zero-order valence-corrected chi connectivity index (χ0v) is 16.5. The van der Waals surface area contributed by atoms with Crippen LogP contribution in [0.5, 0.6) is 0 Å². The number of aromatic nitrogens is 4. The number of para-hydroxylation sites is 2. The Morgan fingerprint density at radius 2 is 2.12 bits per heavy atom. The molecule has 0 bridgehead atoms. The molecule has 0 radical (unpaired) electrons. The number of nitrogens with zero attached hydrogens (tertiary/aromatic N) is 3. The number of carbonyl (C=O) groups excluding carboxylic acids is 1. The number of H-pyrrole nitrogens is 1. The van der Waals surface area contributed by atoms with Gasteiger partial charge < -0.3 is 10.3 Å². The number of aromatic amines is 1. The van der Waals surface area contributed by atoms with Crippen molar-refractivity contribution < 1.29 is 4.79 Å². The molecule has 2 heterocycles. The Hall–Kier alpha value is -2.28. The Kier molecular flexibility index (Phi) is 5.66. The van der Waals surface area contributed by atoms with E-state index in [9.17, 15) is 4.79 Å². The van der Waals surface area contributed by atoms with Gasteiger partial charge in [0.05, 0.1) is 29.2 Å². The number of benzene rings is 1. The Morgan fingerprint density at radius 3 is 2.77 bits per heavy atom. The van der Waals surface area contributed by atoms with E-state index in [1.165, 1.54) is 0 Å². The summed E-state index contributed by atoms with van der Waals surface area (Å²) >= 11 is 1.76. The molecular formula is C19H25N5OS. The molecule has 2 aromatic heterocycles. The van der Waals surface area contributed by atoms with E-state index < -0.39 is 0 Å². The molecule has 3 rings (SSSR count). The van der Waals surface area contributed by atoms with Crippen molar-refractivity contribution in [1.82, 2.24) is 25.1 Å². The van der Waals surface area contributed by atoms with Crippen LogP contribution in [0.15, 0.2) is 24.3 Å². The summed E-state index contributed by atoms with van der Waals surface area (Å²) in [5, 5.41) is 7.55. The molecule has 6 nitrogen and oxygen atoms in total. The second kappa shape index (κ2) is 7.95. The number of fused-ring (bicyclic) bond motifs is 1. The van der Waals surface area contributed by atoms with E-state index in [-0.39, 0.29) is 11.9 Å². The Balaban J connectivity index is 1.78. The number of hydrogen-bond acceptors (Lipinski definition) is 4. The van der Waals surface area contributed by atoms with Gasteiger partial charge >= 0.3 is 0 Å². The van der Waals surface area contributed by atoms with Crippen molar-refractivity contribution in [3.8, 4) is 0 Å². The quantitative estimate of drug-likeness (QED) is 0.669. The maximum absolute atomic E-state index is 12.7. The van der Waals surface area contributed by atoms with Crippen molar-refractivity contribution in [3.05, 3.63) is 47.0 Å². The van der Waals surface area contributed by atoms with Crippen LogP contribution in [-0.4, -0.2) is 37.7 Å². The number of amides is 1. The van der Waals surface area contributed by atoms with E-state index in [4.69, 9.17) is 0 Å². The summed E-state index contributed by atoms with van der Waals surface area (Å²) in [5.74, 6) is 1.76. The molecule has 3 aromatic rings. The third kappa shape index (κ3) is 3.93. The summed E-state index contributed by atoms with van der Waals surface area (Å²) in [5.41, 5.74) is 4.85. The van der Waals surface area contributed by atoms with Crippen LogP contribution in [0.1, 0.15) is 35.2 Å². The molecule has 0 fully saturated rings. The van der Waals surface area contributed by atoms with Crippen LogP contribution in [0.2, 0.25) is 0 Å². The normalized spacial score (nSPS) is 12.5. The number of nitrogens with one attached hydrogen (secondary N) is 2. The van der Waals surface area contributed by atoms with Gasteiger partial charge in [0.1, 0.15) is 5.82 Å². The Morgan fingerprint density at radius 1 is 1.35 bits per heavy atom. The summed E-state index contributed by atoms with van der Waals surface area (Å²) in [6, 6.07) is 7.80. The molecule has 0 aliphatic heterocycles. The van der Waals surface area contributed by atoms with Gasteiger partial charge in [-0.3, -0.25) is 9.48 Å². The fraction of sp³-hybridized carbons (Fsp3) is 0.421. The highest BCUT2D eigenvalue weighted by Gasteiger charge is 2.20. The van der Waals surface area contributed by atoms with E-state index in [2.05, 4.69) is 26.6 Å². The second-order valence-corrected chi connectivity index (χ2v) is 7.48. The van der Waals surface area contributed by atoms with Crippen LogP contribution >= 0.6 is 11.8 Å². The van der Waals surface area contributed by atoms with Gasteiger partial charge in [-0.25, -0.2) is 4.98 Å². The van der Waals surface area contributed by atoms with Gasteiger partial charge in [0.2, 0.25) is 5.91 Å². The lowest BCUT2D eigenvalue weighted by molar-refractivity contribution is -0.121. The molecule has 1 aromatic carbocycles. The van der Waals surface area contributed by atoms with E-state index in [1.54, 1.807) is 11.8 Å². The summed E-state index contributed by atoms with van der Waals surface area (Å²) in [6.07, 6.45) is 3.24. The van der Waals surface area contributed by atoms with E-state index in [0.29, 0.717) is 6.42 Å². The van der Waals surface area contributed by atoms with Crippen LogP contribution in [0, 0.1) is 13.8 Å². The van der Waals surface area contributed by atoms with Crippen LogP contribution in [0.3, 0.4) is 0 Å². The predicted octanol–water partition coefficient (Wildman–Crippen LogP) is 3.07. The monoisotopic (exact) mass is 371 g/mol. The first-order valence-corrected chi connectivity index (χ1v) is 10.1. The van der Waals surface area contributed by atoms with Crippen LogP contribution in [-0.2, 0) is 18.3 Å². The summed E-state index contributed by atoms with van der Waals surface area (Å²) in [4.78, 5) is 20.7. The van der Waals surface area contributed by atoms with Gasteiger partial charge in [0.15, 0.2) is 0 Å². The average Bonchev–Trinajstić information content (AvgIpc) is 3.15. The number of rotatable bonds is 7. The molecule has 0 aliphatic carbocycles. The maximum atomic E-state index is 12.7. The molecule has 0 saturated carbocycles. The summed E-state index contributed by atoms with van der Waals surface area (Å²) < 4.78 is 1.82. The molecule has 0 spiro atoms. The molecule has 26 heavy (non-hydrogen) atoms. The molecule has 1 atom stereocenters. The minimum absolute atomic E-state index is 0.00393. The summed E-state index contributed by atoms with van der Waals surface area (Å²) in [7, 11) is 1.90. The average molecular weight is 372 g/mol. The Bertz CT molecular complexity index is 881. The van der Waals surface area contributed by atoms with Gasteiger partial charge in [-0.1, -0.05) is 12.1 Å². The zero-order chi connectivity index (χ0) is 18.7. The van der Waals surface area contributed by atoms with Gasteiger partial charge in [-0.15, -0.1) is 0 Å². The van der Waals surface area contributed by atoms with Crippen molar-refractivity contribution in [2.24, 2.45) is 7.05 Å². The topological polar surface area (TPSA) is 75.6 Å². The molecule has 1 amide bonds. The first-order valence-electron chi connectivity index (χ1n) is 8.71. The first kappa shape index (κ1) is 18.5. The van der Waals surface area contributed by atoms with Crippen molar-refractivity contribution in [3.63, 3.8) is 0 Å². The van der Waals surface area contributed by atoms with Crippen LogP contribution < -0.4 is 5.32 Å². The third-order valence-corrected chi connectivity index (χ3v) is 5.32. The molecule has 7 heteroatoms. The molecule has 0 aliphatic rings. The van der Waals surface area contributed by atoms with Crippen molar-refractivity contribution in [2.75, 3.05) is 12.0 Å². The minimum atomic E-state index is -0.125. The summed E-state index contributed by atoms with van der Waals surface area (Å²) in [6.45, 7) is 3.94. The highest BCUT2D eigenvalue weighted by atomic mass is 32.2. The molecule has 138 valence electrons. The Labute approximate surface area is 157 Å². The molecular weight excluding hydrogens is 346 g/mol. The molecule has 0 saturated heterocycles.